The number of nitrogens with two attached hydrogens (primary N) is 1. The molecule has 3 rings (SSSR count). The molecule has 104 valence electrons. The van der Waals surface area contributed by atoms with Crippen LogP contribution in [0, 0.1) is 0 Å². The van der Waals surface area contributed by atoms with E-state index in [1.54, 1.807) is 6.20 Å². The van der Waals surface area contributed by atoms with Crippen molar-refractivity contribution in [1.29, 1.82) is 0 Å². The Bertz CT molecular complexity index is 766. The molecule has 0 aliphatic rings. The van der Waals surface area contributed by atoms with Crippen molar-refractivity contribution in [1.82, 2.24) is 4.98 Å². The first-order chi connectivity index (χ1) is 10.3. The van der Waals surface area contributed by atoms with Gasteiger partial charge < -0.3 is 11.1 Å². The zero-order valence-electron chi connectivity index (χ0n) is 11.4. The molecule has 0 bridgehead atoms. The minimum absolute atomic E-state index is 0.433. The van der Waals surface area contributed by atoms with Gasteiger partial charge in [0, 0.05) is 22.8 Å². The number of amides is 1. The van der Waals surface area contributed by atoms with Crippen LogP contribution in [0.3, 0.4) is 0 Å². The van der Waals surface area contributed by atoms with Gasteiger partial charge in [-0.25, -0.2) is 0 Å². The summed E-state index contributed by atoms with van der Waals surface area (Å²) in [5.41, 5.74) is 7.99. The molecular formula is C17H15N3O. The summed E-state index contributed by atoms with van der Waals surface area (Å²) in [6.45, 7) is 0. The fourth-order valence-corrected chi connectivity index (χ4v) is 2.36. The second-order valence-corrected chi connectivity index (χ2v) is 4.77. The number of hydrogen-bond acceptors (Lipinski definition) is 3. The van der Waals surface area contributed by atoms with E-state index in [1.807, 2.05) is 60.7 Å². The van der Waals surface area contributed by atoms with Crippen LogP contribution in [0.2, 0.25) is 0 Å². The van der Waals surface area contributed by atoms with E-state index in [2.05, 4.69) is 10.3 Å². The zero-order chi connectivity index (χ0) is 14.7. The first-order valence-electron chi connectivity index (χ1n) is 6.70. The van der Waals surface area contributed by atoms with Crippen molar-refractivity contribution in [2.24, 2.45) is 5.73 Å². The van der Waals surface area contributed by atoms with Crippen LogP contribution in [0.5, 0.6) is 0 Å². The topological polar surface area (TPSA) is 68.0 Å². The molecule has 0 saturated carbocycles. The summed E-state index contributed by atoms with van der Waals surface area (Å²) >= 11 is 0. The van der Waals surface area contributed by atoms with E-state index >= 15 is 0 Å². The molecule has 0 fully saturated rings. The van der Waals surface area contributed by atoms with Gasteiger partial charge in [-0.2, -0.15) is 0 Å². The zero-order valence-corrected chi connectivity index (χ0v) is 11.4. The van der Waals surface area contributed by atoms with Crippen molar-refractivity contribution in [2.45, 2.75) is 6.04 Å². The minimum atomic E-state index is -0.619. The van der Waals surface area contributed by atoms with Gasteiger partial charge in [0.25, 0.3) is 0 Å². The Morgan fingerprint density at radius 1 is 1.00 bits per heavy atom. The van der Waals surface area contributed by atoms with E-state index in [0.29, 0.717) is 0 Å². The van der Waals surface area contributed by atoms with Gasteiger partial charge in [-0.3, -0.25) is 9.78 Å². The van der Waals surface area contributed by atoms with Crippen molar-refractivity contribution >= 4 is 22.5 Å². The Morgan fingerprint density at radius 3 is 2.52 bits per heavy atom. The Hall–Kier alpha value is -2.88. The average Bonchev–Trinajstić information content (AvgIpc) is 2.53. The summed E-state index contributed by atoms with van der Waals surface area (Å²) in [6, 6.07) is 18.5. The molecule has 1 heterocycles. The first-order valence-corrected chi connectivity index (χ1v) is 6.70. The SMILES string of the molecule is NC(=O)C(Nc1ccccc1)c1cccc2cccnc12. The lowest BCUT2D eigenvalue weighted by molar-refractivity contribution is -0.118. The molecule has 4 heteroatoms. The Morgan fingerprint density at radius 2 is 1.76 bits per heavy atom. The van der Waals surface area contributed by atoms with Crippen LogP contribution in [0.1, 0.15) is 11.6 Å². The van der Waals surface area contributed by atoms with Crippen LogP contribution in [0.4, 0.5) is 5.69 Å². The van der Waals surface area contributed by atoms with Crippen molar-refractivity contribution < 1.29 is 4.79 Å². The predicted octanol–water partition coefficient (Wildman–Crippen LogP) is 2.87. The van der Waals surface area contributed by atoms with Crippen molar-refractivity contribution in [3.8, 4) is 0 Å². The summed E-state index contributed by atoms with van der Waals surface area (Å²) in [5, 5.41) is 4.15. The van der Waals surface area contributed by atoms with E-state index in [1.165, 1.54) is 0 Å². The number of aromatic nitrogens is 1. The molecule has 3 N–H and O–H groups in total. The number of carbonyl (C=O) groups is 1. The highest BCUT2D eigenvalue weighted by atomic mass is 16.1. The average molecular weight is 277 g/mol. The maximum absolute atomic E-state index is 11.9. The van der Waals surface area contributed by atoms with Crippen LogP contribution >= 0.6 is 0 Å². The molecule has 1 aromatic heterocycles. The number of nitrogens with zero attached hydrogens (tertiary/aromatic N) is 1. The molecule has 1 unspecified atom stereocenters. The molecule has 1 atom stereocenters. The van der Waals surface area contributed by atoms with Gasteiger partial charge >= 0.3 is 0 Å². The second kappa shape index (κ2) is 5.63. The molecule has 0 saturated heterocycles. The maximum Gasteiger partial charge on any atom is 0.244 e. The smallest absolute Gasteiger partial charge is 0.244 e. The van der Waals surface area contributed by atoms with Crippen LogP contribution in [-0.4, -0.2) is 10.9 Å². The summed E-state index contributed by atoms with van der Waals surface area (Å²) < 4.78 is 0. The van der Waals surface area contributed by atoms with Gasteiger partial charge in [-0.15, -0.1) is 0 Å². The lowest BCUT2D eigenvalue weighted by Gasteiger charge is -2.18. The van der Waals surface area contributed by atoms with Crippen LogP contribution in [-0.2, 0) is 4.79 Å². The van der Waals surface area contributed by atoms with E-state index in [-0.39, 0.29) is 0 Å². The Balaban J connectivity index is 2.06. The number of carbonyl (C=O) groups excluding carboxylic acids is 1. The normalized spacial score (nSPS) is 12.0. The summed E-state index contributed by atoms with van der Waals surface area (Å²) in [6.07, 6.45) is 1.71. The van der Waals surface area contributed by atoms with Crippen LogP contribution in [0.25, 0.3) is 10.9 Å². The molecule has 2 aromatic carbocycles. The van der Waals surface area contributed by atoms with Crippen molar-refractivity contribution in [3.63, 3.8) is 0 Å². The molecule has 1 amide bonds. The van der Waals surface area contributed by atoms with Gasteiger partial charge in [-0.1, -0.05) is 42.5 Å². The third-order valence-corrected chi connectivity index (χ3v) is 3.34. The van der Waals surface area contributed by atoms with Crippen LogP contribution in [0.15, 0.2) is 66.9 Å². The highest BCUT2D eigenvalue weighted by molar-refractivity contribution is 5.91. The Kier molecular flexibility index (Phi) is 3.51. The fourth-order valence-electron chi connectivity index (χ4n) is 2.36. The second-order valence-electron chi connectivity index (χ2n) is 4.77. The molecule has 21 heavy (non-hydrogen) atoms. The lowest BCUT2D eigenvalue weighted by Crippen LogP contribution is -2.28. The Labute approximate surface area is 122 Å². The molecule has 0 radical (unpaired) electrons. The summed E-state index contributed by atoms with van der Waals surface area (Å²) in [5.74, 6) is -0.433. The number of para-hydroxylation sites is 2. The van der Waals surface area contributed by atoms with Gasteiger partial charge in [-0.05, 0) is 18.2 Å². The van der Waals surface area contributed by atoms with Gasteiger partial charge in [0.15, 0.2) is 0 Å². The fraction of sp³-hybridized carbons (Fsp3) is 0.0588. The highest BCUT2D eigenvalue weighted by Crippen LogP contribution is 2.25. The molecule has 0 aliphatic carbocycles. The predicted molar refractivity (Wildman–Crippen MR) is 83.7 cm³/mol. The molecule has 0 aliphatic heterocycles. The third kappa shape index (κ3) is 2.69. The number of nitrogens with one attached hydrogen (secondary N) is 1. The molecule has 3 aromatic rings. The summed E-state index contributed by atoms with van der Waals surface area (Å²) in [7, 11) is 0. The molecule has 4 nitrogen and oxygen atoms in total. The van der Waals surface area contributed by atoms with Crippen molar-refractivity contribution in [2.75, 3.05) is 5.32 Å². The summed E-state index contributed by atoms with van der Waals surface area (Å²) in [4.78, 5) is 16.3. The number of anilines is 1. The van der Waals surface area contributed by atoms with E-state index < -0.39 is 11.9 Å². The number of pyridine rings is 1. The van der Waals surface area contributed by atoms with E-state index in [4.69, 9.17) is 5.73 Å². The standard InChI is InChI=1S/C17H15N3O/c18-17(21)16(20-13-8-2-1-3-9-13)14-10-4-6-12-7-5-11-19-15(12)14/h1-11,16,20H,(H2,18,21). The number of hydrogen-bond donors (Lipinski definition) is 2. The van der Waals surface area contributed by atoms with Gasteiger partial charge in [0.2, 0.25) is 5.91 Å². The van der Waals surface area contributed by atoms with E-state index in [0.717, 1.165) is 22.2 Å². The minimum Gasteiger partial charge on any atom is -0.370 e. The quantitative estimate of drug-likeness (QED) is 0.770. The number of benzene rings is 2. The molecule has 0 spiro atoms. The van der Waals surface area contributed by atoms with Crippen LogP contribution < -0.4 is 11.1 Å². The largest absolute Gasteiger partial charge is 0.370 e. The maximum atomic E-state index is 11.9. The third-order valence-electron chi connectivity index (χ3n) is 3.34. The lowest BCUT2D eigenvalue weighted by atomic mass is 10.0. The highest BCUT2D eigenvalue weighted by Gasteiger charge is 2.20. The van der Waals surface area contributed by atoms with Gasteiger partial charge in [0.1, 0.15) is 6.04 Å². The number of primary amides is 1. The molecular weight excluding hydrogens is 262 g/mol. The van der Waals surface area contributed by atoms with Crippen molar-refractivity contribution in [3.05, 3.63) is 72.4 Å². The monoisotopic (exact) mass is 277 g/mol. The number of fused-ring (bicyclic) bond motifs is 1. The van der Waals surface area contributed by atoms with E-state index in [9.17, 15) is 4.79 Å². The first kappa shape index (κ1) is 13.1. The van der Waals surface area contributed by atoms with Gasteiger partial charge in [0.05, 0.1) is 5.52 Å². The number of rotatable bonds is 4.